The van der Waals surface area contributed by atoms with E-state index in [9.17, 15) is 24.3 Å². The molecule has 5 aliphatic carbocycles. The Balaban J connectivity index is 1.29. The second kappa shape index (κ2) is 12.4. The minimum atomic E-state index is -1.17. The molecule has 4 saturated carbocycles. The maximum Gasteiger partial charge on any atom is 0.309 e. The van der Waals surface area contributed by atoms with Gasteiger partial charge in [0.15, 0.2) is 5.78 Å². The van der Waals surface area contributed by atoms with Gasteiger partial charge in [-0.05, 0) is 135 Å². The standard InChI is InChI=1S/C43H61NO6/c1-26(2)35-29(45)24-43(32(46)16-13-27-12-10-11-23-44-27)22-21-41(8)28(36(35)43)14-15-31-40(7)19-18-33(50-34(47)25-38(3,4)37(48)49)39(5,6)30(40)17-20-42(31,41)9/h10-12,23,26,28,30-31,33H,13-22,24-25H2,1-9H3,(H,48,49)/t28-,30+,31-,33+,40+,41-,42-,43+/m1/s1. The first-order valence-corrected chi connectivity index (χ1v) is 19.4. The van der Waals surface area contributed by atoms with Crippen LogP contribution in [0.25, 0.3) is 0 Å². The third kappa shape index (κ3) is 5.45. The van der Waals surface area contributed by atoms with Crippen molar-refractivity contribution < 1.29 is 29.0 Å². The van der Waals surface area contributed by atoms with Gasteiger partial charge < -0.3 is 9.84 Å². The van der Waals surface area contributed by atoms with Crippen molar-refractivity contribution in [2.45, 2.75) is 145 Å². The van der Waals surface area contributed by atoms with E-state index in [4.69, 9.17) is 4.74 Å². The van der Waals surface area contributed by atoms with E-state index in [0.29, 0.717) is 31.1 Å². The normalized spacial score (nSPS) is 37.8. The highest BCUT2D eigenvalue weighted by Gasteiger charge is 2.70. The maximum atomic E-state index is 14.5. The Morgan fingerprint density at radius 3 is 2.30 bits per heavy atom. The minimum Gasteiger partial charge on any atom is -0.481 e. The molecule has 0 aliphatic heterocycles. The van der Waals surface area contributed by atoms with Gasteiger partial charge in [0.05, 0.1) is 17.3 Å². The third-order valence-electron chi connectivity index (χ3n) is 15.7. The number of ether oxygens (including phenoxy) is 1. The molecule has 7 nitrogen and oxygen atoms in total. The number of aromatic nitrogens is 1. The fourth-order valence-electron chi connectivity index (χ4n) is 12.8. The number of aryl methyl sites for hydroxylation is 1. The number of carbonyl (C=O) groups excluding carboxylic acids is 3. The highest BCUT2D eigenvalue weighted by molar-refractivity contribution is 6.07. The lowest BCUT2D eigenvalue weighted by atomic mass is 9.33. The highest BCUT2D eigenvalue weighted by atomic mass is 16.5. The molecule has 7 heteroatoms. The number of esters is 1. The number of hydrogen-bond acceptors (Lipinski definition) is 6. The molecule has 0 spiro atoms. The number of ketones is 2. The van der Waals surface area contributed by atoms with E-state index >= 15 is 0 Å². The summed E-state index contributed by atoms with van der Waals surface area (Å²) in [6.45, 7) is 19.5. The average molecular weight is 688 g/mol. The molecule has 5 aliphatic rings. The van der Waals surface area contributed by atoms with Gasteiger partial charge in [-0.2, -0.15) is 0 Å². The second-order valence-electron chi connectivity index (χ2n) is 19.2. The molecule has 4 fully saturated rings. The van der Waals surface area contributed by atoms with Crippen molar-refractivity contribution >= 4 is 23.5 Å². The summed E-state index contributed by atoms with van der Waals surface area (Å²) in [4.78, 5) is 57.7. The Morgan fingerprint density at radius 1 is 0.940 bits per heavy atom. The topological polar surface area (TPSA) is 111 Å². The largest absolute Gasteiger partial charge is 0.481 e. The highest BCUT2D eigenvalue weighted by Crippen LogP contribution is 2.77. The van der Waals surface area contributed by atoms with Gasteiger partial charge in [0, 0.05) is 30.1 Å². The average Bonchev–Trinajstić information content (AvgIpc) is 3.35. The molecule has 1 heterocycles. The van der Waals surface area contributed by atoms with Crippen LogP contribution in [-0.2, 0) is 30.3 Å². The lowest BCUT2D eigenvalue weighted by Gasteiger charge is -2.72. The van der Waals surface area contributed by atoms with Gasteiger partial charge in [-0.1, -0.05) is 54.5 Å². The molecule has 0 amide bonds. The summed E-state index contributed by atoms with van der Waals surface area (Å²) in [5.74, 6) is 0.141. The fraction of sp³-hybridized carbons (Fsp3) is 0.744. The molecule has 1 N–H and O–H groups in total. The van der Waals surface area contributed by atoms with Crippen molar-refractivity contribution in [2.75, 3.05) is 0 Å². The first kappa shape index (κ1) is 36.9. The van der Waals surface area contributed by atoms with Crippen molar-refractivity contribution in [1.29, 1.82) is 0 Å². The summed E-state index contributed by atoms with van der Waals surface area (Å²) in [6, 6.07) is 5.85. The number of carboxylic acids is 1. The van der Waals surface area contributed by atoms with Crippen LogP contribution < -0.4 is 0 Å². The van der Waals surface area contributed by atoms with Crippen molar-refractivity contribution in [2.24, 2.45) is 56.2 Å². The smallest absolute Gasteiger partial charge is 0.309 e. The molecule has 50 heavy (non-hydrogen) atoms. The fourth-order valence-corrected chi connectivity index (χ4v) is 12.8. The van der Waals surface area contributed by atoms with Crippen LogP contribution in [0.1, 0.15) is 139 Å². The molecule has 8 atom stereocenters. The van der Waals surface area contributed by atoms with Crippen LogP contribution in [0.15, 0.2) is 35.5 Å². The summed E-state index contributed by atoms with van der Waals surface area (Å²) in [5.41, 5.74) is 1.05. The molecule has 0 aromatic carbocycles. The van der Waals surface area contributed by atoms with E-state index in [1.807, 2.05) is 18.2 Å². The number of Topliss-reactive ketones (excluding diaryl/α,β-unsaturated/α-hetero) is 2. The van der Waals surface area contributed by atoms with Gasteiger partial charge in [0.25, 0.3) is 0 Å². The Hall–Kier alpha value is -2.83. The number of nitrogens with zero attached hydrogens (tertiary/aromatic N) is 1. The lowest BCUT2D eigenvalue weighted by Crippen LogP contribution is -2.66. The van der Waals surface area contributed by atoms with Gasteiger partial charge in [0.1, 0.15) is 11.9 Å². The molecule has 274 valence electrons. The van der Waals surface area contributed by atoms with Crippen LogP contribution in [0.3, 0.4) is 0 Å². The summed E-state index contributed by atoms with van der Waals surface area (Å²) in [6.07, 6.45) is 10.4. The molecular formula is C43H61NO6. The van der Waals surface area contributed by atoms with Crippen LogP contribution >= 0.6 is 0 Å². The first-order chi connectivity index (χ1) is 23.2. The Labute approximate surface area is 299 Å². The van der Waals surface area contributed by atoms with Gasteiger partial charge in [-0.15, -0.1) is 0 Å². The number of hydrogen-bond donors (Lipinski definition) is 1. The molecule has 0 bridgehead atoms. The Bertz CT molecular complexity index is 1590. The summed E-state index contributed by atoms with van der Waals surface area (Å²) in [7, 11) is 0. The zero-order valence-corrected chi connectivity index (χ0v) is 32.1. The van der Waals surface area contributed by atoms with Gasteiger partial charge >= 0.3 is 11.9 Å². The van der Waals surface area contributed by atoms with Gasteiger partial charge in [0.2, 0.25) is 0 Å². The quantitative estimate of drug-likeness (QED) is 0.258. The Kier molecular flexibility index (Phi) is 9.16. The number of fused-ring (bicyclic) bond motifs is 7. The number of allylic oxidation sites excluding steroid dienone is 2. The summed E-state index contributed by atoms with van der Waals surface area (Å²) in [5, 5.41) is 9.59. The molecular weight excluding hydrogens is 626 g/mol. The van der Waals surface area contributed by atoms with Crippen molar-refractivity contribution in [3.63, 3.8) is 0 Å². The van der Waals surface area contributed by atoms with E-state index in [1.54, 1.807) is 20.0 Å². The predicted molar refractivity (Wildman–Crippen MR) is 193 cm³/mol. The number of rotatable bonds is 9. The summed E-state index contributed by atoms with van der Waals surface area (Å²) >= 11 is 0. The molecule has 1 aromatic heterocycles. The molecule has 0 radical (unpaired) electrons. The van der Waals surface area contributed by atoms with Crippen LogP contribution in [0, 0.1) is 56.2 Å². The van der Waals surface area contributed by atoms with Crippen molar-refractivity contribution in [3.05, 3.63) is 41.2 Å². The van der Waals surface area contributed by atoms with E-state index in [2.05, 4.69) is 53.5 Å². The van der Waals surface area contributed by atoms with E-state index in [0.717, 1.165) is 62.6 Å². The molecule has 6 rings (SSSR count). The van der Waals surface area contributed by atoms with E-state index in [1.165, 1.54) is 5.57 Å². The maximum absolute atomic E-state index is 14.5. The van der Waals surface area contributed by atoms with Crippen molar-refractivity contribution in [1.82, 2.24) is 4.98 Å². The SMILES string of the molecule is CC(C)C1=C2[C@H]3CC[C@@H]4[C@@]5(C)CC[C@H](OC(=O)CC(C)(C)C(=O)O)C(C)(C)[C@@H]5CC[C@@]4(C)[C@]3(C)CC[C@@]2(C(=O)CCc2ccccn2)CC1=O. The van der Waals surface area contributed by atoms with Gasteiger partial charge in [-0.25, -0.2) is 0 Å². The molecule has 0 unspecified atom stereocenters. The van der Waals surface area contributed by atoms with Crippen molar-refractivity contribution in [3.8, 4) is 0 Å². The first-order valence-electron chi connectivity index (χ1n) is 19.4. The number of carboxylic acid groups (broad SMARTS) is 1. The van der Waals surface area contributed by atoms with Gasteiger partial charge in [-0.3, -0.25) is 24.2 Å². The number of carbonyl (C=O) groups is 4. The lowest BCUT2D eigenvalue weighted by molar-refractivity contribution is -0.233. The zero-order valence-electron chi connectivity index (χ0n) is 32.1. The van der Waals surface area contributed by atoms with Crippen LogP contribution in [0.4, 0.5) is 0 Å². The summed E-state index contributed by atoms with van der Waals surface area (Å²) < 4.78 is 6.15. The predicted octanol–water partition coefficient (Wildman–Crippen LogP) is 8.98. The van der Waals surface area contributed by atoms with Crippen LogP contribution in [0.2, 0.25) is 0 Å². The van der Waals surface area contributed by atoms with E-state index in [-0.39, 0.29) is 57.6 Å². The van der Waals surface area contributed by atoms with Crippen LogP contribution in [-0.4, -0.2) is 39.7 Å². The van der Waals surface area contributed by atoms with E-state index < -0.39 is 22.8 Å². The number of pyridine rings is 1. The number of aliphatic carboxylic acids is 1. The Morgan fingerprint density at radius 2 is 1.66 bits per heavy atom. The van der Waals surface area contributed by atoms with Crippen LogP contribution in [0.5, 0.6) is 0 Å². The molecule has 1 aromatic rings. The third-order valence-corrected chi connectivity index (χ3v) is 15.7. The molecule has 0 saturated heterocycles. The monoisotopic (exact) mass is 687 g/mol. The zero-order chi connectivity index (χ0) is 36.7. The minimum absolute atomic E-state index is 0.0371. The second-order valence-corrected chi connectivity index (χ2v) is 19.2.